The summed E-state index contributed by atoms with van der Waals surface area (Å²) in [5.74, 6) is -5.64. The standard InChI is InChI=1S/C53H68O20P2/c1-30(17-13-19-32(3)21-23-36-34(5)42(56)40(27-52(36,7)8)72-74(64,65)68-26-25-38(54)48-44(58)46(60)50(62)70-48)15-11-12-16-31(2)18-14-20-33(4)22-24-37-35(6)43(57)41(28-53(37,9)10)73-75(66,67)69-29-39(55)49-45(59)47(61)51(63)71-49/h11-24,38-41,46-49,54-55,60-61H,25-29H2,1-10H3,(H,64,65)(H,66,67)/t38-,39-,40?,41?,46?,47?,48+,49+/m0/s1. The normalized spacial score (nSPS) is 27.9. The zero-order valence-corrected chi connectivity index (χ0v) is 45.3. The predicted octanol–water partition coefficient (Wildman–Crippen LogP) is 6.01. The van der Waals surface area contributed by atoms with Gasteiger partial charge in [0, 0.05) is 6.42 Å². The minimum absolute atomic E-state index is 0.0252. The molecule has 0 spiro atoms. The van der Waals surface area contributed by atoms with Gasteiger partial charge in [-0.1, -0.05) is 135 Å². The van der Waals surface area contributed by atoms with E-state index < -0.39 is 130 Å². The Morgan fingerprint density at radius 3 is 1.35 bits per heavy atom. The van der Waals surface area contributed by atoms with Crippen molar-refractivity contribution in [3.63, 3.8) is 0 Å². The van der Waals surface area contributed by atoms with Gasteiger partial charge in [0.05, 0.1) is 13.2 Å². The van der Waals surface area contributed by atoms with Gasteiger partial charge in [-0.2, -0.15) is 0 Å². The molecule has 0 radical (unpaired) electrons. The van der Waals surface area contributed by atoms with Gasteiger partial charge in [0.25, 0.3) is 0 Å². The van der Waals surface area contributed by atoms with Crippen molar-refractivity contribution in [1.82, 2.24) is 0 Å². The number of rotatable bonds is 23. The molecule has 0 bridgehead atoms. The Hall–Kier alpha value is -5.18. The highest BCUT2D eigenvalue weighted by Gasteiger charge is 2.49. The fraction of sp³-hybridized carbons (Fsp3) is 0.472. The Balaban J connectivity index is 1.25. The van der Waals surface area contributed by atoms with Gasteiger partial charge in [0.2, 0.25) is 23.8 Å². The SMILES string of the molecule is CC(C=CC=C(C)C=CC1=C(C)C(=O)C(OP(=O)(O)OCC[C@H](O)[C@H]2OC(=O)C(O)C2=O)CC1(C)C)=CC=CC=C(C)C=CC=C(C)C=CC1=C(C)C(=O)C(OP(=O)(O)OC[C@H](O)[C@H]2OC(=O)C(O)C2=O)CC1(C)C. The molecule has 0 amide bonds. The quantitative estimate of drug-likeness (QED) is 0.0295. The second kappa shape index (κ2) is 26.2. The molecule has 2 fully saturated rings. The van der Waals surface area contributed by atoms with Crippen LogP contribution in [0.5, 0.6) is 0 Å². The van der Waals surface area contributed by atoms with Crippen LogP contribution in [0.1, 0.15) is 88.5 Å². The summed E-state index contributed by atoms with van der Waals surface area (Å²) in [6, 6.07) is 0. The summed E-state index contributed by atoms with van der Waals surface area (Å²) in [4.78, 5) is 93.9. The van der Waals surface area contributed by atoms with Crippen LogP contribution in [0.3, 0.4) is 0 Å². The molecule has 2 aliphatic heterocycles. The molecule has 6 N–H and O–H groups in total. The molecule has 0 aromatic rings. The number of phosphoric acid groups is 2. The highest BCUT2D eigenvalue weighted by atomic mass is 31.2. The molecule has 2 heterocycles. The predicted molar refractivity (Wildman–Crippen MR) is 273 cm³/mol. The first-order chi connectivity index (χ1) is 34.8. The summed E-state index contributed by atoms with van der Waals surface area (Å²) in [5, 5.41) is 39.2. The number of cyclic esters (lactones) is 2. The molecule has 410 valence electrons. The summed E-state index contributed by atoms with van der Waals surface area (Å²) in [6.45, 7) is 16.8. The number of ether oxygens (including phenoxy) is 2. The minimum Gasteiger partial charge on any atom is -0.449 e. The Bertz CT molecular complexity index is 2700. The van der Waals surface area contributed by atoms with Crippen molar-refractivity contribution in [3.05, 3.63) is 130 Å². The average molecular weight is 1090 g/mol. The lowest BCUT2D eigenvalue weighted by molar-refractivity contribution is -0.151. The van der Waals surface area contributed by atoms with E-state index in [0.717, 1.165) is 27.9 Å². The van der Waals surface area contributed by atoms with Gasteiger partial charge in [-0.25, -0.2) is 18.7 Å². The van der Waals surface area contributed by atoms with E-state index in [1.165, 1.54) is 0 Å². The zero-order chi connectivity index (χ0) is 56.4. The third-order valence-corrected chi connectivity index (χ3v) is 14.6. The molecule has 0 aromatic carbocycles. The van der Waals surface area contributed by atoms with Gasteiger partial charge in [0.1, 0.15) is 24.4 Å². The van der Waals surface area contributed by atoms with Crippen molar-refractivity contribution in [2.75, 3.05) is 13.2 Å². The van der Waals surface area contributed by atoms with E-state index in [4.69, 9.17) is 18.1 Å². The molecule has 0 saturated carbocycles. The van der Waals surface area contributed by atoms with Gasteiger partial charge in [-0.3, -0.25) is 37.3 Å². The van der Waals surface area contributed by atoms with Crippen LogP contribution in [0, 0.1) is 10.8 Å². The summed E-state index contributed by atoms with van der Waals surface area (Å²) >= 11 is 0. The number of hydrogen-bond donors (Lipinski definition) is 6. The van der Waals surface area contributed by atoms with E-state index in [1.54, 1.807) is 13.8 Å². The third kappa shape index (κ3) is 17.4. The topological polar surface area (TPSA) is 313 Å². The van der Waals surface area contributed by atoms with Crippen LogP contribution in [0.2, 0.25) is 0 Å². The molecular formula is C53H68O20P2. The first-order valence-electron chi connectivity index (χ1n) is 23.9. The Kier molecular flexibility index (Phi) is 21.8. The number of aliphatic hydroxyl groups is 4. The Morgan fingerprint density at radius 1 is 0.600 bits per heavy atom. The molecule has 10 atom stereocenters. The molecule has 22 heteroatoms. The summed E-state index contributed by atoms with van der Waals surface area (Å²) in [7, 11) is -9.76. The van der Waals surface area contributed by atoms with Crippen molar-refractivity contribution in [3.8, 4) is 0 Å². The zero-order valence-electron chi connectivity index (χ0n) is 43.5. The van der Waals surface area contributed by atoms with Crippen molar-refractivity contribution in [2.45, 2.75) is 137 Å². The van der Waals surface area contributed by atoms with Crippen LogP contribution in [0.4, 0.5) is 0 Å². The van der Waals surface area contributed by atoms with E-state index >= 15 is 0 Å². The lowest BCUT2D eigenvalue weighted by atomic mass is 9.71. The fourth-order valence-electron chi connectivity index (χ4n) is 8.39. The monoisotopic (exact) mass is 1090 g/mol. The number of ketones is 4. The molecule has 6 unspecified atom stereocenters. The van der Waals surface area contributed by atoms with Crippen molar-refractivity contribution >= 4 is 50.7 Å². The number of Topliss-reactive ketones (excluding diaryl/α,β-unsaturated/α-hetero) is 4. The van der Waals surface area contributed by atoms with Crippen molar-refractivity contribution < 1.29 is 95.7 Å². The molecule has 4 aliphatic rings. The number of phosphoric ester groups is 2. The van der Waals surface area contributed by atoms with Crippen LogP contribution in [-0.4, -0.2) is 127 Å². The number of carbonyl (C=O) groups is 6. The summed E-state index contributed by atoms with van der Waals surface area (Å²) in [6.07, 6.45) is 12.6. The maximum Gasteiger partial charge on any atom is 0.472 e. The van der Waals surface area contributed by atoms with E-state index in [2.05, 4.69) is 9.47 Å². The average Bonchev–Trinajstić information content (AvgIpc) is 3.73. The Morgan fingerprint density at radius 2 is 0.960 bits per heavy atom. The third-order valence-electron chi connectivity index (χ3n) is 12.6. The fourth-order valence-corrected chi connectivity index (χ4v) is 10.2. The number of esters is 2. The van der Waals surface area contributed by atoms with Crippen molar-refractivity contribution in [1.29, 1.82) is 0 Å². The maximum absolute atomic E-state index is 13.3. The highest BCUT2D eigenvalue weighted by molar-refractivity contribution is 7.47. The lowest BCUT2D eigenvalue weighted by Gasteiger charge is -2.36. The first kappa shape index (κ1) is 62.4. The van der Waals surface area contributed by atoms with E-state index in [0.29, 0.717) is 16.7 Å². The van der Waals surface area contributed by atoms with E-state index in [1.807, 2.05) is 140 Å². The van der Waals surface area contributed by atoms with Crippen LogP contribution in [0.25, 0.3) is 0 Å². The Labute approximate surface area is 436 Å². The van der Waals surface area contributed by atoms with Crippen LogP contribution < -0.4 is 0 Å². The highest BCUT2D eigenvalue weighted by Crippen LogP contribution is 2.51. The summed E-state index contributed by atoms with van der Waals surface area (Å²) in [5.41, 5.74) is 4.50. The smallest absolute Gasteiger partial charge is 0.449 e. The van der Waals surface area contributed by atoms with Gasteiger partial charge in [-0.15, -0.1) is 0 Å². The molecule has 0 aromatic heterocycles. The minimum atomic E-state index is -4.95. The molecular weight excluding hydrogens is 1020 g/mol. The maximum atomic E-state index is 13.3. The first-order valence-corrected chi connectivity index (χ1v) is 26.9. The summed E-state index contributed by atoms with van der Waals surface area (Å²) < 4.78 is 55.0. The molecule has 75 heavy (non-hydrogen) atoms. The lowest BCUT2D eigenvalue weighted by Crippen LogP contribution is -2.38. The second-order valence-corrected chi connectivity index (χ2v) is 22.7. The van der Waals surface area contributed by atoms with Crippen LogP contribution in [-0.2, 0) is 65.5 Å². The molecule has 2 saturated heterocycles. The van der Waals surface area contributed by atoms with E-state index in [-0.39, 0.29) is 12.8 Å². The second-order valence-electron chi connectivity index (χ2n) is 19.9. The molecule has 2 aliphatic carbocycles. The van der Waals surface area contributed by atoms with Crippen LogP contribution >= 0.6 is 15.6 Å². The number of carbonyl (C=O) groups excluding carboxylic acids is 6. The van der Waals surface area contributed by atoms with Gasteiger partial charge in [0.15, 0.2) is 23.8 Å². The number of aliphatic hydroxyl groups excluding tert-OH is 4. The number of allylic oxidation sites excluding steroid dienone is 20. The van der Waals surface area contributed by atoms with Gasteiger partial charge < -0.3 is 39.7 Å². The van der Waals surface area contributed by atoms with E-state index in [9.17, 15) is 68.1 Å². The van der Waals surface area contributed by atoms with Gasteiger partial charge in [-0.05, 0) is 87.5 Å². The van der Waals surface area contributed by atoms with Gasteiger partial charge >= 0.3 is 27.6 Å². The molecule has 4 rings (SSSR count). The molecule has 20 nitrogen and oxygen atoms in total. The van der Waals surface area contributed by atoms with Crippen LogP contribution in [0.15, 0.2) is 130 Å². The largest absolute Gasteiger partial charge is 0.472 e. The van der Waals surface area contributed by atoms with Crippen molar-refractivity contribution in [2.24, 2.45) is 10.8 Å². The number of hydrogen-bond acceptors (Lipinski definition) is 18.